The number of nitrogens with one attached hydrogen (secondary N) is 1. The van der Waals surface area contributed by atoms with E-state index in [1.165, 1.54) is 49.9 Å². The first-order valence-corrected chi connectivity index (χ1v) is 9.90. The van der Waals surface area contributed by atoms with E-state index in [4.69, 9.17) is 4.74 Å². The van der Waals surface area contributed by atoms with Gasteiger partial charge in [0.2, 0.25) is 0 Å². The van der Waals surface area contributed by atoms with Gasteiger partial charge in [0.1, 0.15) is 0 Å². The molecule has 5 nitrogen and oxygen atoms in total. The van der Waals surface area contributed by atoms with Crippen LogP contribution < -0.4 is 10.2 Å². The zero-order chi connectivity index (χ0) is 20.1. The first-order chi connectivity index (χ1) is 13.5. The molecule has 0 unspecified atom stereocenters. The molecular formula is C22H28FN3O2. The third kappa shape index (κ3) is 4.61. The third-order valence-electron chi connectivity index (χ3n) is 5.35. The zero-order valence-electron chi connectivity index (χ0n) is 16.7. The van der Waals surface area contributed by atoms with Crippen LogP contribution in [0.3, 0.4) is 0 Å². The van der Waals surface area contributed by atoms with Crippen molar-refractivity contribution < 1.29 is 13.9 Å². The summed E-state index contributed by atoms with van der Waals surface area (Å²) in [4.78, 5) is 12.2. The molecule has 1 fully saturated rings. The van der Waals surface area contributed by atoms with Crippen molar-refractivity contribution in [1.82, 2.24) is 9.99 Å². The average Bonchev–Trinajstić information content (AvgIpc) is 2.97. The summed E-state index contributed by atoms with van der Waals surface area (Å²) in [5, 5.41) is 4.08. The van der Waals surface area contributed by atoms with E-state index in [0.717, 1.165) is 11.3 Å². The summed E-state index contributed by atoms with van der Waals surface area (Å²) < 4.78 is 21.4. The Hall–Kier alpha value is -2.63. The topological polar surface area (TPSA) is 55.6 Å². The van der Waals surface area contributed by atoms with Gasteiger partial charge in [0.15, 0.2) is 17.7 Å². The van der Waals surface area contributed by atoms with Crippen LogP contribution in [0.25, 0.3) is 0 Å². The number of rotatable bonds is 6. The molecule has 3 rings (SSSR count). The molecule has 1 aromatic heterocycles. The molecule has 1 amide bonds. The Labute approximate surface area is 165 Å². The van der Waals surface area contributed by atoms with Crippen LogP contribution in [0.2, 0.25) is 0 Å². The highest BCUT2D eigenvalue weighted by molar-refractivity contribution is 5.85. The summed E-state index contributed by atoms with van der Waals surface area (Å²) in [5.74, 6) is -0.883. The monoisotopic (exact) mass is 385 g/mol. The van der Waals surface area contributed by atoms with Gasteiger partial charge >= 0.3 is 0 Å². The van der Waals surface area contributed by atoms with Gasteiger partial charge in [-0.15, -0.1) is 0 Å². The Morgan fingerprint density at radius 1 is 1.29 bits per heavy atom. The van der Waals surface area contributed by atoms with Crippen molar-refractivity contribution in [2.75, 3.05) is 0 Å². The van der Waals surface area contributed by atoms with Crippen LogP contribution >= 0.6 is 0 Å². The molecule has 1 saturated carbocycles. The molecule has 2 aromatic rings. The quantitative estimate of drug-likeness (QED) is 0.580. The third-order valence-corrected chi connectivity index (χ3v) is 5.35. The molecule has 28 heavy (non-hydrogen) atoms. The Bertz CT molecular complexity index is 853. The van der Waals surface area contributed by atoms with Crippen LogP contribution in [-0.4, -0.2) is 22.8 Å². The summed E-state index contributed by atoms with van der Waals surface area (Å²) in [7, 11) is 0. The first kappa shape index (κ1) is 20.1. The highest BCUT2D eigenvalue weighted by Crippen LogP contribution is 2.31. The van der Waals surface area contributed by atoms with E-state index in [9.17, 15) is 9.18 Å². The number of benzene rings is 1. The number of aryl methyl sites for hydroxylation is 1. The molecule has 0 bridgehead atoms. The first-order valence-electron chi connectivity index (χ1n) is 9.90. The second-order valence-electron chi connectivity index (χ2n) is 7.41. The Kier molecular flexibility index (Phi) is 6.49. The predicted octanol–water partition coefficient (Wildman–Crippen LogP) is 4.67. The molecule has 0 saturated heterocycles. The van der Waals surface area contributed by atoms with Crippen molar-refractivity contribution >= 4 is 12.1 Å². The molecule has 150 valence electrons. The van der Waals surface area contributed by atoms with Gasteiger partial charge in [0.25, 0.3) is 5.91 Å². The van der Waals surface area contributed by atoms with Crippen molar-refractivity contribution in [1.29, 1.82) is 0 Å². The summed E-state index contributed by atoms with van der Waals surface area (Å²) in [6.07, 6.45) is 7.12. The van der Waals surface area contributed by atoms with Gasteiger partial charge < -0.3 is 9.30 Å². The van der Waals surface area contributed by atoms with Crippen LogP contribution in [0.1, 0.15) is 62.0 Å². The van der Waals surface area contributed by atoms with E-state index < -0.39 is 17.8 Å². The highest BCUT2D eigenvalue weighted by atomic mass is 19.1. The second-order valence-corrected chi connectivity index (χ2v) is 7.41. The van der Waals surface area contributed by atoms with Gasteiger partial charge in [-0.25, -0.2) is 9.82 Å². The summed E-state index contributed by atoms with van der Waals surface area (Å²) in [6.45, 7) is 5.77. The molecule has 0 radical (unpaired) electrons. The predicted molar refractivity (Wildman–Crippen MR) is 108 cm³/mol. The minimum atomic E-state index is -0.858. The van der Waals surface area contributed by atoms with Gasteiger partial charge in [-0.1, -0.05) is 31.4 Å². The van der Waals surface area contributed by atoms with E-state index in [1.54, 1.807) is 25.3 Å². The van der Waals surface area contributed by atoms with E-state index in [-0.39, 0.29) is 5.75 Å². The molecular weight excluding hydrogens is 357 g/mol. The standard InChI is InChI=1S/C22H28FN3O2/c1-15-13-18(16(2)26(15)19-9-5-4-6-10-19)14-24-25-22(27)17(3)28-21-12-8-7-11-20(21)23/h7-8,11-14,17,19H,4-6,9-10H2,1-3H3,(H,25,27)/b24-14-/t17-/m0/s1. The number of aromatic nitrogens is 1. The number of halogens is 1. The molecule has 1 N–H and O–H groups in total. The number of para-hydroxylation sites is 1. The van der Waals surface area contributed by atoms with Crippen LogP contribution in [0.5, 0.6) is 5.75 Å². The van der Waals surface area contributed by atoms with Gasteiger partial charge in [0, 0.05) is 23.0 Å². The Morgan fingerprint density at radius 2 is 2.00 bits per heavy atom. The molecule has 6 heteroatoms. The summed E-state index contributed by atoms with van der Waals surface area (Å²) in [5.41, 5.74) is 5.85. The fraction of sp³-hybridized carbons (Fsp3) is 0.455. The van der Waals surface area contributed by atoms with E-state index >= 15 is 0 Å². The number of nitrogens with zero attached hydrogens (tertiary/aromatic N) is 2. The van der Waals surface area contributed by atoms with Crippen molar-refractivity contribution in [2.45, 2.75) is 65.0 Å². The highest BCUT2D eigenvalue weighted by Gasteiger charge is 2.20. The SMILES string of the molecule is Cc1cc(/C=N\NC(=O)[C@H](C)Oc2ccccc2F)c(C)n1C1CCCCC1. The Balaban J connectivity index is 1.61. The van der Waals surface area contributed by atoms with Crippen molar-refractivity contribution in [3.63, 3.8) is 0 Å². The fourth-order valence-electron chi connectivity index (χ4n) is 3.88. The van der Waals surface area contributed by atoms with Crippen LogP contribution in [0, 0.1) is 19.7 Å². The lowest BCUT2D eigenvalue weighted by Gasteiger charge is -2.26. The fourth-order valence-corrected chi connectivity index (χ4v) is 3.88. The number of ether oxygens (including phenoxy) is 1. The van der Waals surface area contributed by atoms with Crippen molar-refractivity contribution in [3.05, 3.63) is 53.1 Å². The van der Waals surface area contributed by atoms with Gasteiger partial charge in [-0.05, 0) is 51.8 Å². The Morgan fingerprint density at radius 3 is 2.71 bits per heavy atom. The number of hydrogen-bond acceptors (Lipinski definition) is 3. The van der Waals surface area contributed by atoms with Crippen molar-refractivity contribution in [3.8, 4) is 5.75 Å². The lowest BCUT2D eigenvalue weighted by Crippen LogP contribution is -2.33. The molecule has 0 spiro atoms. The van der Waals surface area contributed by atoms with Crippen LogP contribution in [0.4, 0.5) is 4.39 Å². The van der Waals surface area contributed by atoms with Gasteiger partial charge in [-0.2, -0.15) is 5.10 Å². The molecule has 1 heterocycles. The van der Waals surface area contributed by atoms with E-state index in [1.807, 2.05) is 0 Å². The van der Waals surface area contributed by atoms with Crippen molar-refractivity contribution in [2.24, 2.45) is 5.10 Å². The smallest absolute Gasteiger partial charge is 0.280 e. The van der Waals surface area contributed by atoms with Gasteiger partial charge in [-0.3, -0.25) is 4.79 Å². The number of carbonyl (C=O) groups is 1. The summed E-state index contributed by atoms with van der Waals surface area (Å²) >= 11 is 0. The molecule has 0 aliphatic heterocycles. The zero-order valence-corrected chi connectivity index (χ0v) is 16.7. The minimum Gasteiger partial charge on any atom is -0.478 e. The lowest BCUT2D eigenvalue weighted by molar-refractivity contribution is -0.127. The maximum Gasteiger partial charge on any atom is 0.280 e. The second kappa shape index (κ2) is 9.04. The van der Waals surface area contributed by atoms with Crippen LogP contribution in [0.15, 0.2) is 35.4 Å². The largest absolute Gasteiger partial charge is 0.478 e. The average molecular weight is 385 g/mol. The number of hydrazone groups is 1. The number of hydrogen-bond donors (Lipinski definition) is 1. The summed E-state index contributed by atoms with van der Waals surface area (Å²) in [6, 6.07) is 8.66. The number of amides is 1. The van der Waals surface area contributed by atoms with Gasteiger partial charge in [0.05, 0.1) is 6.21 Å². The molecule has 1 aliphatic rings. The van der Waals surface area contributed by atoms with Crippen LogP contribution in [-0.2, 0) is 4.79 Å². The number of carbonyl (C=O) groups excluding carboxylic acids is 1. The minimum absolute atomic E-state index is 0.0464. The maximum atomic E-state index is 13.6. The molecule has 1 aliphatic carbocycles. The normalized spacial score (nSPS) is 16.3. The van der Waals surface area contributed by atoms with E-state index in [0.29, 0.717) is 6.04 Å². The van der Waals surface area contributed by atoms with E-state index in [2.05, 4.69) is 35.0 Å². The molecule has 1 aromatic carbocycles. The molecule has 1 atom stereocenters. The maximum absolute atomic E-state index is 13.6. The lowest BCUT2D eigenvalue weighted by atomic mass is 9.95.